The number of likely N-dealkylation sites (tertiary alicyclic amines) is 1. The highest BCUT2D eigenvalue weighted by Crippen LogP contribution is 2.41. The van der Waals surface area contributed by atoms with Crippen molar-refractivity contribution in [1.29, 1.82) is 0 Å². The van der Waals surface area contributed by atoms with Gasteiger partial charge in [0.2, 0.25) is 0 Å². The van der Waals surface area contributed by atoms with Gasteiger partial charge in [0, 0.05) is 35.9 Å². The van der Waals surface area contributed by atoms with Crippen LogP contribution in [0, 0.1) is 34.7 Å². The van der Waals surface area contributed by atoms with E-state index in [4.69, 9.17) is 10.5 Å². The number of hydrogen-bond donors (Lipinski definition) is 2. The average Bonchev–Trinajstić information content (AvgIpc) is 2.94. The number of piperidine rings is 1. The molecule has 1 aromatic heterocycles. The number of hydrogen-bond acceptors (Lipinski definition) is 5. The molecule has 0 aliphatic carbocycles. The lowest BCUT2D eigenvalue weighted by Crippen LogP contribution is -2.42. The summed E-state index contributed by atoms with van der Waals surface area (Å²) in [6, 6.07) is 7.08. The Labute approximate surface area is 219 Å². The molecule has 0 radical (unpaired) electrons. The zero-order chi connectivity index (χ0) is 27.3. The van der Waals surface area contributed by atoms with Gasteiger partial charge >= 0.3 is 0 Å². The molecule has 3 N–H and O–H groups in total. The molecule has 0 spiro atoms. The largest absolute Gasteiger partial charge is 0.497 e. The Morgan fingerprint density at radius 3 is 2.50 bits per heavy atom. The standard InChI is InChI=1S/C29H31F4N3O2/c1-38-21-4-5-26-22(15-21)27(20(16-34)17-35-26)23(30)6-7-29(18-37)8-11-36(12-9-29)10-2-3-19-13-24(31)28(33)25(32)14-19/h4-5,13-15,17,23,37H,6-12,16,18,34H2,1H3/t23-/m1/s1. The number of halogens is 4. The van der Waals surface area contributed by atoms with E-state index in [1.807, 2.05) is 0 Å². The third-order valence-corrected chi connectivity index (χ3v) is 7.43. The summed E-state index contributed by atoms with van der Waals surface area (Å²) in [7, 11) is 1.55. The highest BCUT2D eigenvalue weighted by molar-refractivity contribution is 5.85. The molecule has 1 aliphatic heterocycles. The molecule has 4 rings (SSSR count). The summed E-state index contributed by atoms with van der Waals surface area (Å²) in [6.45, 7) is 1.75. The van der Waals surface area contributed by atoms with Gasteiger partial charge in [0.05, 0.1) is 19.2 Å². The summed E-state index contributed by atoms with van der Waals surface area (Å²) in [4.78, 5) is 6.47. The van der Waals surface area contributed by atoms with Crippen molar-refractivity contribution in [2.24, 2.45) is 11.1 Å². The third kappa shape index (κ3) is 6.09. The Morgan fingerprint density at radius 2 is 1.87 bits per heavy atom. The molecular weight excluding hydrogens is 498 g/mol. The maximum absolute atomic E-state index is 15.8. The number of aliphatic hydroxyl groups excluding tert-OH is 1. The van der Waals surface area contributed by atoms with Crippen LogP contribution in [0.25, 0.3) is 10.9 Å². The number of pyridine rings is 1. The number of methoxy groups -OCH3 is 1. The van der Waals surface area contributed by atoms with Gasteiger partial charge in [-0.25, -0.2) is 17.6 Å². The van der Waals surface area contributed by atoms with Gasteiger partial charge in [0.25, 0.3) is 0 Å². The predicted molar refractivity (Wildman–Crippen MR) is 138 cm³/mol. The maximum atomic E-state index is 15.8. The summed E-state index contributed by atoms with van der Waals surface area (Å²) in [6.07, 6.45) is 2.38. The number of ether oxygens (including phenoxy) is 1. The van der Waals surface area contributed by atoms with Crippen molar-refractivity contribution in [1.82, 2.24) is 9.88 Å². The van der Waals surface area contributed by atoms with Gasteiger partial charge in [-0.15, -0.1) is 0 Å². The first-order chi connectivity index (χ1) is 18.3. The number of benzene rings is 2. The Kier molecular flexibility index (Phi) is 8.87. The second kappa shape index (κ2) is 12.1. The molecule has 38 heavy (non-hydrogen) atoms. The molecule has 3 aromatic rings. The lowest BCUT2D eigenvalue weighted by atomic mass is 9.74. The van der Waals surface area contributed by atoms with Crippen molar-refractivity contribution in [3.05, 3.63) is 70.7 Å². The van der Waals surface area contributed by atoms with Crippen molar-refractivity contribution in [3.63, 3.8) is 0 Å². The SMILES string of the molecule is COc1ccc2ncc(CN)c([C@H](F)CCC3(CO)CCN(CC#Cc4cc(F)c(F)c(F)c4)CC3)c2c1. The molecule has 0 bridgehead atoms. The van der Waals surface area contributed by atoms with Crippen LogP contribution in [0.15, 0.2) is 36.5 Å². The molecule has 2 heterocycles. The van der Waals surface area contributed by atoms with E-state index in [0.29, 0.717) is 66.7 Å². The summed E-state index contributed by atoms with van der Waals surface area (Å²) in [5.41, 5.74) is 7.38. The number of fused-ring (bicyclic) bond motifs is 1. The zero-order valence-electron chi connectivity index (χ0n) is 21.2. The van der Waals surface area contributed by atoms with Crippen LogP contribution in [0.1, 0.15) is 48.5 Å². The molecule has 202 valence electrons. The molecular formula is C29H31F4N3O2. The molecule has 0 amide bonds. The Balaban J connectivity index is 1.39. The minimum absolute atomic E-state index is 0.0535. The molecule has 9 heteroatoms. The van der Waals surface area contributed by atoms with Crippen LogP contribution in [-0.2, 0) is 6.54 Å². The normalized spacial score (nSPS) is 16.2. The van der Waals surface area contributed by atoms with Crippen LogP contribution in [-0.4, -0.2) is 48.3 Å². The minimum Gasteiger partial charge on any atom is -0.497 e. The molecule has 1 saturated heterocycles. The number of aromatic nitrogens is 1. The Hall–Kier alpha value is -3.19. The summed E-state index contributed by atoms with van der Waals surface area (Å²) >= 11 is 0. The van der Waals surface area contributed by atoms with Crippen LogP contribution < -0.4 is 10.5 Å². The highest BCUT2D eigenvalue weighted by Gasteiger charge is 2.35. The first-order valence-electron chi connectivity index (χ1n) is 12.6. The van der Waals surface area contributed by atoms with Crippen LogP contribution in [0.3, 0.4) is 0 Å². The molecule has 2 aromatic carbocycles. The summed E-state index contributed by atoms with van der Waals surface area (Å²) in [5, 5.41) is 10.9. The summed E-state index contributed by atoms with van der Waals surface area (Å²) < 4.78 is 61.0. The molecule has 1 fully saturated rings. The van der Waals surface area contributed by atoms with E-state index in [2.05, 4.69) is 21.7 Å². The minimum atomic E-state index is -1.52. The van der Waals surface area contributed by atoms with Gasteiger partial charge in [0.15, 0.2) is 17.5 Å². The second-order valence-electron chi connectivity index (χ2n) is 9.78. The lowest BCUT2D eigenvalue weighted by Gasteiger charge is -2.40. The number of nitrogens with two attached hydrogens (primary N) is 1. The average molecular weight is 530 g/mol. The molecule has 0 unspecified atom stereocenters. The van der Waals surface area contributed by atoms with E-state index >= 15 is 4.39 Å². The fourth-order valence-electron chi connectivity index (χ4n) is 5.02. The fraction of sp³-hybridized carbons (Fsp3) is 0.414. The first-order valence-corrected chi connectivity index (χ1v) is 12.6. The predicted octanol–water partition coefficient (Wildman–Crippen LogP) is 5.04. The Bertz CT molecular complexity index is 1320. The van der Waals surface area contributed by atoms with Crippen LogP contribution in [0.4, 0.5) is 17.6 Å². The van der Waals surface area contributed by atoms with Gasteiger partial charge in [-0.2, -0.15) is 0 Å². The monoisotopic (exact) mass is 529 g/mol. The van der Waals surface area contributed by atoms with Crippen molar-refractivity contribution in [2.45, 2.75) is 38.4 Å². The fourth-order valence-corrected chi connectivity index (χ4v) is 5.02. The smallest absolute Gasteiger partial charge is 0.194 e. The van der Waals surface area contributed by atoms with Gasteiger partial charge in [-0.3, -0.25) is 9.88 Å². The third-order valence-electron chi connectivity index (χ3n) is 7.43. The lowest BCUT2D eigenvalue weighted by molar-refractivity contribution is 0.0344. The number of alkyl halides is 1. The van der Waals surface area contributed by atoms with Crippen molar-refractivity contribution in [2.75, 3.05) is 33.4 Å². The summed E-state index contributed by atoms with van der Waals surface area (Å²) in [5.74, 6) is 2.08. The van der Waals surface area contributed by atoms with Crippen molar-refractivity contribution in [3.8, 4) is 17.6 Å². The highest BCUT2D eigenvalue weighted by atomic mass is 19.2. The van der Waals surface area contributed by atoms with Crippen LogP contribution in [0.5, 0.6) is 5.75 Å². The molecule has 1 aliphatic rings. The van der Waals surface area contributed by atoms with E-state index < -0.39 is 29.0 Å². The van der Waals surface area contributed by atoms with E-state index in [9.17, 15) is 18.3 Å². The van der Waals surface area contributed by atoms with Crippen LogP contribution >= 0.6 is 0 Å². The Morgan fingerprint density at radius 1 is 1.16 bits per heavy atom. The molecule has 1 atom stereocenters. The van der Waals surface area contributed by atoms with Crippen LogP contribution in [0.2, 0.25) is 0 Å². The van der Waals surface area contributed by atoms with E-state index in [-0.39, 0.29) is 25.1 Å². The second-order valence-corrected chi connectivity index (χ2v) is 9.78. The molecule has 5 nitrogen and oxygen atoms in total. The van der Waals surface area contributed by atoms with E-state index in [0.717, 1.165) is 12.1 Å². The number of aliphatic hydroxyl groups is 1. The number of rotatable bonds is 8. The topological polar surface area (TPSA) is 71.6 Å². The number of nitrogens with zero attached hydrogens (tertiary/aromatic N) is 2. The first kappa shape index (κ1) is 27.8. The van der Waals surface area contributed by atoms with E-state index in [1.165, 1.54) is 0 Å². The maximum Gasteiger partial charge on any atom is 0.194 e. The zero-order valence-corrected chi connectivity index (χ0v) is 21.2. The van der Waals surface area contributed by atoms with Gasteiger partial charge in [-0.1, -0.05) is 11.8 Å². The van der Waals surface area contributed by atoms with Crippen molar-refractivity contribution >= 4 is 10.9 Å². The quantitative estimate of drug-likeness (QED) is 0.243. The molecule has 0 saturated carbocycles. The van der Waals surface area contributed by atoms with Gasteiger partial charge < -0.3 is 15.6 Å². The van der Waals surface area contributed by atoms with E-state index in [1.54, 1.807) is 31.5 Å². The van der Waals surface area contributed by atoms with Crippen molar-refractivity contribution < 1.29 is 27.4 Å². The van der Waals surface area contributed by atoms with Gasteiger partial charge in [0.1, 0.15) is 11.9 Å². The van der Waals surface area contributed by atoms with Gasteiger partial charge in [-0.05, 0) is 80.1 Å².